The topological polar surface area (TPSA) is 68.2 Å². The maximum Gasteiger partial charge on any atom is 0.192 e. The summed E-state index contributed by atoms with van der Waals surface area (Å²) in [6.45, 7) is 2.73. The van der Waals surface area contributed by atoms with E-state index in [4.69, 9.17) is 25.8 Å². The first kappa shape index (κ1) is 22.0. The molecular formula is C22H26ClFO5. The molecule has 0 aromatic heterocycles. The molecule has 7 heteroatoms. The highest BCUT2D eigenvalue weighted by Gasteiger charge is 2.45. The van der Waals surface area contributed by atoms with Crippen molar-refractivity contribution >= 4 is 11.6 Å². The Kier molecular flexibility index (Phi) is 7.49. The molecule has 0 saturated carbocycles. The van der Waals surface area contributed by atoms with Gasteiger partial charge in [0.15, 0.2) is 12.5 Å². The minimum absolute atomic E-state index is 0.561. The van der Waals surface area contributed by atoms with Crippen LogP contribution >= 0.6 is 11.6 Å². The highest BCUT2D eigenvalue weighted by atomic mass is 35.5. The minimum Gasteiger partial charge on any atom is -0.494 e. The van der Waals surface area contributed by atoms with Crippen molar-refractivity contribution in [2.75, 3.05) is 13.7 Å². The van der Waals surface area contributed by atoms with Crippen molar-refractivity contribution in [3.05, 3.63) is 64.2 Å². The molecule has 0 spiro atoms. The van der Waals surface area contributed by atoms with Crippen LogP contribution in [0.4, 0.5) is 4.39 Å². The van der Waals surface area contributed by atoms with Crippen LogP contribution in [0.25, 0.3) is 0 Å². The van der Waals surface area contributed by atoms with E-state index < -0.39 is 30.8 Å². The molecule has 1 saturated heterocycles. The van der Waals surface area contributed by atoms with Crippen molar-refractivity contribution in [3.8, 4) is 5.75 Å². The van der Waals surface area contributed by atoms with E-state index in [1.807, 2.05) is 24.3 Å². The van der Waals surface area contributed by atoms with E-state index >= 15 is 0 Å². The van der Waals surface area contributed by atoms with Crippen LogP contribution in [0.2, 0.25) is 5.02 Å². The summed E-state index contributed by atoms with van der Waals surface area (Å²) < 4.78 is 30.1. The summed E-state index contributed by atoms with van der Waals surface area (Å²) in [7, 11) is 1.29. The van der Waals surface area contributed by atoms with E-state index in [0.717, 1.165) is 23.3 Å². The lowest BCUT2D eigenvalue weighted by atomic mass is 9.92. The van der Waals surface area contributed by atoms with Crippen molar-refractivity contribution in [3.63, 3.8) is 0 Å². The van der Waals surface area contributed by atoms with E-state index in [1.165, 1.54) is 7.11 Å². The molecule has 1 aliphatic heterocycles. The summed E-state index contributed by atoms with van der Waals surface area (Å²) in [5.74, 6) is 0.814. The van der Waals surface area contributed by atoms with Gasteiger partial charge in [-0.25, -0.2) is 4.39 Å². The smallest absolute Gasteiger partial charge is 0.192 e. The summed E-state index contributed by atoms with van der Waals surface area (Å²) in [5, 5.41) is 20.9. The number of methoxy groups -OCH3 is 1. The van der Waals surface area contributed by atoms with Gasteiger partial charge in [0.2, 0.25) is 0 Å². The Balaban J connectivity index is 1.79. The molecule has 1 heterocycles. The lowest BCUT2D eigenvalue weighted by molar-refractivity contribution is -0.277. The largest absolute Gasteiger partial charge is 0.494 e. The number of benzene rings is 2. The van der Waals surface area contributed by atoms with Crippen LogP contribution in [0, 0.1) is 0 Å². The van der Waals surface area contributed by atoms with Crippen molar-refractivity contribution < 1.29 is 28.8 Å². The zero-order valence-corrected chi connectivity index (χ0v) is 17.2. The van der Waals surface area contributed by atoms with Gasteiger partial charge in [-0.2, -0.15) is 0 Å². The van der Waals surface area contributed by atoms with Gasteiger partial charge in [0.25, 0.3) is 0 Å². The monoisotopic (exact) mass is 424 g/mol. The molecule has 158 valence electrons. The summed E-state index contributed by atoms with van der Waals surface area (Å²) >= 11 is 6.37. The Morgan fingerprint density at radius 2 is 1.83 bits per heavy atom. The highest BCUT2D eigenvalue weighted by Crippen LogP contribution is 2.35. The van der Waals surface area contributed by atoms with Gasteiger partial charge in [-0.1, -0.05) is 42.8 Å². The van der Waals surface area contributed by atoms with Gasteiger partial charge in [-0.05, 0) is 47.7 Å². The second kappa shape index (κ2) is 9.87. The molecule has 0 amide bonds. The zero-order valence-electron chi connectivity index (χ0n) is 16.4. The third-order valence-corrected chi connectivity index (χ3v) is 5.32. The average Bonchev–Trinajstić information content (AvgIpc) is 2.73. The van der Waals surface area contributed by atoms with Crippen molar-refractivity contribution in [1.29, 1.82) is 0 Å². The summed E-state index contributed by atoms with van der Waals surface area (Å²) in [6, 6.07) is 13.0. The first-order valence-corrected chi connectivity index (χ1v) is 10.0. The Morgan fingerprint density at radius 3 is 2.48 bits per heavy atom. The molecule has 0 aliphatic carbocycles. The van der Waals surface area contributed by atoms with Gasteiger partial charge in [-0.15, -0.1) is 0 Å². The molecule has 5 nitrogen and oxygen atoms in total. The summed E-state index contributed by atoms with van der Waals surface area (Å²) in [5.41, 5.74) is 2.46. The average molecular weight is 425 g/mol. The van der Waals surface area contributed by atoms with Gasteiger partial charge < -0.3 is 24.4 Å². The molecule has 2 N–H and O–H groups in total. The number of hydrogen-bond acceptors (Lipinski definition) is 5. The predicted octanol–water partition coefficient (Wildman–Crippen LogP) is 3.82. The van der Waals surface area contributed by atoms with Crippen LogP contribution in [-0.2, 0) is 15.9 Å². The van der Waals surface area contributed by atoms with Gasteiger partial charge in [-0.3, -0.25) is 0 Å². The molecule has 1 fully saturated rings. The van der Waals surface area contributed by atoms with Crippen LogP contribution in [-0.4, -0.2) is 48.6 Å². The molecule has 0 radical (unpaired) electrons. The molecular weight excluding hydrogens is 399 g/mol. The second-order valence-corrected chi connectivity index (χ2v) is 7.51. The number of halogens is 2. The van der Waals surface area contributed by atoms with E-state index in [1.54, 1.807) is 18.2 Å². The molecule has 0 bridgehead atoms. The molecule has 5 atom stereocenters. The van der Waals surface area contributed by atoms with Gasteiger partial charge in [0, 0.05) is 12.1 Å². The van der Waals surface area contributed by atoms with E-state index in [-0.39, 0.29) is 0 Å². The van der Waals surface area contributed by atoms with Crippen molar-refractivity contribution in [2.24, 2.45) is 0 Å². The maximum absolute atomic E-state index is 14.0. The Morgan fingerprint density at radius 1 is 1.10 bits per heavy atom. The Labute approximate surface area is 175 Å². The van der Waals surface area contributed by atoms with Gasteiger partial charge >= 0.3 is 0 Å². The van der Waals surface area contributed by atoms with Crippen LogP contribution in [0.15, 0.2) is 42.5 Å². The van der Waals surface area contributed by atoms with Crippen LogP contribution in [0.3, 0.4) is 0 Å². The van der Waals surface area contributed by atoms with Crippen LogP contribution < -0.4 is 4.74 Å². The number of aliphatic hydroxyl groups excluding tert-OH is 2. The maximum atomic E-state index is 14.0. The lowest BCUT2D eigenvalue weighted by Gasteiger charge is -2.39. The van der Waals surface area contributed by atoms with Crippen LogP contribution in [0.5, 0.6) is 5.75 Å². The number of ether oxygens (including phenoxy) is 3. The third-order valence-electron chi connectivity index (χ3n) is 4.95. The predicted molar refractivity (Wildman–Crippen MR) is 108 cm³/mol. The van der Waals surface area contributed by atoms with Gasteiger partial charge in [0.1, 0.15) is 24.1 Å². The minimum atomic E-state index is -1.83. The molecule has 2 aromatic carbocycles. The first-order valence-electron chi connectivity index (χ1n) is 9.63. The zero-order chi connectivity index (χ0) is 21.0. The number of aliphatic hydroxyl groups is 2. The quantitative estimate of drug-likeness (QED) is 0.707. The molecule has 1 aliphatic rings. The molecule has 3 rings (SSSR count). The van der Waals surface area contributed by atoms with Crippen molar-refractivity contribution in [1.82, 2.24) is 0 Å². The number of hydrogen-bond donors (Lipinski definition) is 2. The van der Waals surface area contributed by atoms with Crippen LogP contribution in [0.1, 0.15) is 36.1 Å². The SMILES string of the molecule is CCCOc1ccc(Cc2cc([C@@H]3OC(OC)[C@H](F)[C@H](O)[C@H]3O)ccc2Cl)cc1. The van der Waals surface area contributed by atoms with E-state index in [9.17, 15) is 14.6 Å². The van der Waals surface area contributed by atoms with Gasteiger partial charge in [0.05, 0.1) is 6.61 Å². The molecule has 2 aromatic rings. The normalized spacial score (nSPS) is 27.0. The molecule has 1 unspecified atom stereocenters. The Bertz CT molecular complexity index is 798. The fourth-order valence-electron chi connectivity index (χ4n) is 3.34. The number of alkyl halides is 1. The number of rotatable bonds is 7. The highest BCUT2D eigenvalue weighted by molar-refractivity contribution is 6.31. The Hall–Kier alpha value is -1.70. The summed E-state index contributed by atoms with van der Waals surface area (Å²) in [6.07, 6.45) is -5.52. The molecule has 29 heavy (non-hydrogen) atoms. The van der Waals surface area contributed by atoms with E-state index in [0.29, 0.717) is 23.6 Å². The lowest BCUT2D eigenvalue weighted by Crippen LogP contribution is -2.52. The summed E-state index contributed by atoms with van der Waals surface area (Å²) in [4.78, 5) is 0. The fourth-order valence-corrected chi connectivity index (χ4v) is 3.52. The fraction of sp³-hybridized carbons (Fsp3) is 0.455. The second-order valence-electron chi connectivity index (χ2n) is 7.11. The third kappa shape index (κ3) is 5.08. The van der Waals surface area contributed by atoms with E-state index in [2.05, 4.69) is 6.92 Å². The first-order chi connectivity index (χ1) is 13.9. The standard InChI is InChI=1S/C22H26ClFO5/c1-3-10-28-16-7-4-13(5-8-16)11-15-12-14(6-9-17(15)23)21-20(26)19(25)18(24)22(27-2)29-21/h4-9,12,18-22,25-26H,3,10-11H2,1-2H3/t18-,19+,20-,21+,22?/m1/s1. The van der Waals surface area contributed by atoms with Crippen molar-refractivity contribution in [2.45, 2.75) is 50.5 Å².